The molecule has 0 saturated heterocycles. The van der Waals surface area contributed by atoms with E-state index in [0.29, 0.717) is 15.6 Å². The van der Waals surface area contributed by atoms with Gasteiger partial charge in [-0.1, -0.05) is 29.3 Å². The molecule has 86 valence electrons. The maximum Gasteiger partial charge on any atom is 0.0995 e. The van der Waals surface area contributed by atoms with Gasteiger partial charge in [0.25, 0.3) is 0 Å². The molecular formula is C11H11Cl2NO2. The van der Waals surface area contributed by atoms with E-state index in [2.05, 4.69) is 0 Å². The van der Waals surface area contributed by atoms with Crippen molar-refractivity contribution in [2.75, 3.05) is 13.7 Å². The van der Waals surface area contributed by atoms with Crippen molar-refractivity contribution in [3.05, 3.63) is 33.8 Å². The summed E-state index contributed by atoms with van der Waals surface area (Å²) in [5, 5.41) is 19.5. The SMILES string of the molecule is COCC(O)C(C#N)c1ccc(Cl)c(Cl)c1. The van der Waals surface area contributed by atoms with Gasteiger partial charge in [0.15, 0.2) is 0 Å². The van der Waals surface area contributed by atoms with Gasteiger partial charge in [0.2, 0.25) is 0 Å². The van der Waals surface area contributed by atoms with Crippen LogP contribution in [0.5, 0.6) is 0 Å². The molecular weight excluding hydrogens is 249 g/mol. The Labute approximate surface area is 104 Å². The zero-order chi connectivity index (χ0) is 12.1. The molecule has 0 spiro atoms. The van der Waals surface area contributed by atoms with Crippen LogP contribution < -0.4 is 0 Å². The van der Waals surface area contributed by atoms with Crippen LogP contribution in [0.25, 0.3) is 0 Å². The summed E-state index contributed by atoms with van der Waals surface area (Å²) in [6, 6.07) is 6.87. The fraction of sp³-hybridized carbons (Fsp3) is 0.364. The van der Waals surface area contributed by atoms with Crippen LogP contribution in [0.1, 0.15) is 11.5 Å². The van der Waals surface area contributed by atoms with Gasteiger partial charge in [-0.25, -0.2) is 0 Å². The Kier molecular flexibility index (Phi) is 5.04. The van der Waals surface area contributed by atoms with Crippen LogP contribution in [0.3, 0.4) is 0 Å². The smallest absolute Gasteiger partial charge is 0.0995 e. The van der Waals surface area contributed by atoms with E-state index in [4.69, 9.17) is 33.2 Å². The molecule has 0 heterocycles. The van der Waals surface area contributed by atoms with Crippen LogP contribution in [-0.4, -0.2) is 24.9 Å². The molecule has 2 atom stereocenters. The average Bonchev–Trinajstić information content (AvgIpc) is 2.25. The minimum atomic E-state index is -0.882. The van der Waals surface area contributed by atoms with Crippen LogP contribution in [0.2, 0.25) is 10.0 Å². The van der Waals surface area contributed by atoms with Gasteiger partial charge < -0.3 is 9.84 Å². The number of ether oxygens (including phenoxy) is 1. The van der Waals surface area contributed by atoms with Crippen LogP contribution in [0.15, 0.2) is 18.2 Å². The van der Waals surface area contributed by atoms with Gasteiger partial charge in [-0.15, -0.1) is 0 Å². The first kappa shape index (κ1) is 13.3. The summed E-state index contributed by atoms with van der Waals surface area (Å²) >= 11 is 11.6. The lowest BCUT2D eigenvalue weighted by Crippen LogP contribution is -2.22. The van der Waals surface area contributed by atoms with Gasteiger partial charge in [-0.3, -0.25) is 0 Å². The molecule has 0 aliphatic heterocycles. The van der Waals surface area contributed by atoms with E-state index in [-0.39, 0.29) is 6.61 Å². The highest BCUT2D eigenvalue weighted by Gasteiger charge is 2.21. The van der Waals surface area contributed by atoms with E-state index in [0.717, 1.165) is 0 Å². The third-order valence-corrected chi connectivity index (χ3v) is 2.90. The van der Waals surface area contributed by atoms with Gasteiger partial charge in [0, 0.05) is 7.11 Å². The number of methoxy groups -OCH3 is 1. The molecule has 3 nitrogen and oxygen atoms in total. The van der Waals surface area contributed by atoms with Crippen molar-refractivity contribution in [3.8, 4) is 6.07 Å². The Morgan fingerprint density at radius 1 is 1.44 bits per heavy atom. The summed E-state index contributed by atoms with van der Waals surface area (Å²) in [5.41, 5.74) is 0.626. The highest BCUT2D eigenvalue weighted by molar-refractivity contribution is 6.42. The number of hydrogen-bond acceptors (Lipinski definition) is 3. The highest BCUT2D eigenvalue weighted by Crippen LogP contribution is 2.27. The lowest BCUT2D eigenvalue weighted by atomic mass is 9.95. The number of rotatable bonds is 4. The van der Waals surface area contributed by atoms with Crippen molar-refractivity contribution >= 4 is 23.2 Å². The van der Waals surface area contributed by atoms with E-state index >= 15 is 0 Å². The molecule has 16 heavy (non-hydrogen) atoms. The maximum absolute atomic E-state index is 9.70. The number of nitriles is 1. The highest BCUT2D eigenvalue weighted by atomic mass is 35.5. The number of halogens is 2. The van der Waals surface area contributed by atoms with Gasteiger partial charge in [0.1, 0.15) is 0 Å². The molecule has 1 rings (SSSR count). The summed E-state index contributed by atoms with van der Waals surface area (Å²) in [4.78, 5) is 0. The topological polar surface area (TPSA) is 53.2 Å². The quantitative estimate of drug-likeness (QED) is 0.905. The monoisotopic (exact) mass is 259 g/mol. The Bertz CT molecular complexity index is 403. The fourth-order valence-corrected chi connectivity index (χ4v) is 1.66. The van der Waals surface area contributed by atoms with Gasteiger partial charge in [0.05, 0.1) is 34.7 Å². The van der Waals surface area contributed by atoms with Gasteiger partial charge >= 0.3 is 0 Å². The second-order valence-corrected chi connectivity index (χ2v) is 4.12. The normalized spacial score (nSPS) is 14.2. The average molecular weight is 260 g/mol. The molecule has 5 heteroatoms. The summed E-state index contributed by atoms with van der Waals surface area (Å²) in [6.07, 6.45) is -0.882. The number of aliphatic hydroxyl groups excluding tert-OH is 1. The fourth-order valence-electron chi connectivity index (χ4n) is 1.36. The summed E-state index contributed by atoms with van der Waals surface area (Å²) in [7, 11) is 1.46. The molecule has 0 aliphatic carbocycles. The number of hydrogen-bond donors (Lipinski definition) is 1. The van der Waals surface area contributed by atoms with Crippen molar-refractivity contribution in [1.29, 1.82) is 5.26 Å². The van der Waals surface area contributed by atoms with Crippen LogP contribution >= 0.6 is 23.2 Å². The molecule has 0 saturated carbocycles. The first-order valence-electron chi connectivity index (χ1n) is 4.61. The summed E-state index contributed by atoms with van der Waals surface area (Å²) < 4.78 is 4.80. The predicted octanol–water partition coefficient (Wildman–Crippen LogP) is 2.61. The lowest BCUT2D eigenvalue weighted by molar-refractivity contribution is 0.0571. The van der Waals surface area contributed by atoms with Crippen molar-refractivity contribution < 1.29 is 9.84 Å². The van der Waals surface area contributed by atoms with E-state index in [1.807, 2.05) is 6.07 Å². The molecule has 0 fully saturated rings. The molecule has 0 aromatic heterocycles. The van der Waals surface area contributed by atoms with E-state index in [9.17, 15) is 5.11 Å². The summed E-state index contributed by atoms with van der Waals surface area (Å²) in [6.45, 7) is 0.0957. The Morgan fingerprint density at radius 2 is 2.12 bits per heavy atom. The zero-order valence-electron chi connectivity index (χ0n) is 8.65. The van der Waals surface area contributed by atoms with E-state index in [1.165, 1.54) is 7.11 Å². The summed E-state index contributed by atoms with van der Waals surface area (Å²) in [5.74, 6) is -0.672. The first-order chi connectivity index (χ1) is 7.60. The zero-order valence-corrected chi connectivity index (χ0v) is 10.2. The van der Waals surface area contributed by atoms with Gasteiger partial charge in [-0.2, -0.15) is 5.26 Å². The standard InChI is InChI=1S/C11H11Cl2NO2/c1-16-6-11(15)8(5-14)7-2-3-9(12)10(13)4-7/h2-4,8,11,15H,6H2,1H3. The largest absolute Gasteiger partial charge is 0.389 e. The first-order valence-corrected chi connectivity index (χ1v) is 5.37. The predicted molar refractivity (Wildman–Crippen MR) is 62.7 cm³/mol. The second kappa shape index (κ2) is 6.07. The van der Waals surface area contributed by atoms with Crippen LogP contribution in [0, 0.1) is 11.3 Å². The van der Waals surface area contributed by atoms with E-state index < -0.39 is 12.0 Å². The third-order valence-electron chi connectivity index (χ3n) is 2.16. The minimum absolute atomic E-state index is 0.0957. The number of aliphatic hydroxyl groups is 1. The van der Waals surface area contributed by atoms with Crippen molar-refractivity contribution in [3.63, 3.8) is 0 Å². The molecule has 0 radical (unpaired) electrons. The van der Waals surface area contributed by atoms with Crippen molar-refractivity contribution in [1.82, 2.24) is 0 Å². The Morgan fingerprint density at radius 3 is 2.62 bits per heavy atom. The lowest BCUT2D eigenvalue weighted by Gasteiger charge is -2.16. The van der Waals surface area contributed by atoms with Crippen LogP contribution in [-0.2, 0) is 4.74 Å². The molecule has 0 bridgehead atoms. The van der Waals surface area contributed by atoms with Crippen molar-refractivity contribution in [2.24, 2.45) is 0 Å². The maximum atomic E-state index is 9.70. The van der Waals surface area contributed by atoms with Gasteiger partial charge in [-0.05, 0) is 17.7 Å². The molecule has 0 amide bonds. The van der Waals surface area contributed by atoms with Crippen LogP contribution in [0.4, 0.5) is 0 Å². The number of benzene rings is 1. The Balaban J connectivity index is 2.96. The van der Waals surface area contributed by atoms with E-state index in [1.54, 1.807) is 18.2 Å². The second-order valence-electron chi connectivity index (χ2n) is 3.30. The third kappa shape index (κ3) is 3.10. The molecule has 1 aromatic carbocycles. The molecule has 1 N–H and O–H groups in total. The molecule has 0 aliphatic rings. The molecule has 2 unspecified atom stereocenters. The Hall–Kier alpha value is -0.790. The van der Waals surface area contributed by atoms with Crippen molar-refractivity contribution in [2.45, 2.75) is 12.0 Å². The minimum Gasteiger partial charge on any atom is -0.389 e. The number of nitrogens with zero attached hydrogens (tertiary/aromatic N) is 1. The molecule has 1 aromatic rings.